The molecule has 0 radical (unpaired) electrons. The van der Waals surface area contributed by atoms with E-state index in [1.807, 2.05) is 18.2 Å². The summed E-state index contributed by atoms with van der Waals surface area (Å²) in [6.45, 7) is 7.65. The van der Waals surface area contributed by atoms with Crippen LogP contribution in [0.3, 0.4) is 0 Å². The standard InChI is InChI=1S/C21H35NO5/c1-6-26-21(23)18(22)14-17(15(2)3)12-16-8-9-19(25-5)20(13-16)27-11-7-10-24-4/h8-9,13,15,17-18H,6-7,10-12,14,22H2,1-5H3/t17-,18-/m0/s1. The Balaban J connectivity index is 2.81. The van der Waals surface area contributed by atoms with E-state index in [4.69, 9.17) is 24.7 Å². The highest BCUT2D eigenvalue weighted by Crippen LogP contribution is 2.31. The largest absolute Gasteiger partial charge is 0.493 e. The van der Waals surface area contributed by atoms with Gasteiger partial charge in [0.05, 0.1) is 20.3 Å². The van der Waals surface area contributed by atoms with Gasteiger partial charge < -0.3 is 24.7 Å². The molecule has 0 heterocycles. The molecule has 0 aliphatic carbocycles. The van der Waals surface area contributed by atoms with E-state index in [1.54, 1.807) is 21.1 Å². The molecule has 0 fully saturated rings. The van der Waals surface area contributed by atoms with E-state index in [9.17, 15) is 4.79 Å². The Morgan fingerprint density at radius 1 is 1.15 bits per heavy atom. The van der Waals surface area contributed by atoms with Gasteiger partial charge in [-0.15, -0.1) is 0 Å². The van der Waals surface area contributed by atoms with Crippen LogP contribution in [0.25, 0.3) is 0 Å². The number of carbonyl (C=O) groups is 1. The Morgan fingerprint density at radius 3 is 2.48 bits per heavy atom. The summed E-state index contributed by atoms with van der Waals surface area (Å²) in [5.74, 6) is 1.75. The van der Waals surface area contributed by atoms with Gasteiger partial charge in [-0.3, -0.25) is 4.79 Å². The van der Waals surface area contributed by atoms with Crippen LogP contribution in [0.2, 0.25) is 0 Å². The van der Waals surface area contributed by atoms with Crippen molar-refractivity contribution in [1.82, 2.24) is 0 Å². The van der Waals surface area contributed by atoms with Gasteiger partial charge in [0, 0.05) is 20.1 Å². The van der Waals surface area contributed by atoms with Crippen LogP contribution in [-0.4, -0.2) is 46.1 Å². The summed E-state index contributed by atoms with van der Waals surface area (Å²) >= 11 is 0. The number of hydrogen-bond donors (Lipinski definition) is 1. The highest BCUT2D eigenvalue weighted by Gasteiger charge is 2.23. The fraction of sp³-hybridized carbons (Fsp3) is 0.667. The molecule has 0 saturated carbocycles. The molecule has 0 aliphatic heterocycles. The fourth-order valence-electron chi connectivity index (χ4n) is 2.91. The van der Waals surface area contributed by atoms with Crippen molar-refractivity contribution in [1.29, 1.82) is 0 Å². The normalized spacial score (nSPS) is 13.3. The van der Waals surface area contributed by atoms with E-state index in [1.165, 1.54) is 0 Å². The molecule has 154 valence electrons. The minimum absolute atomic E-state index is 0.263. The summed E-state index contributed by atoms with van der Waals surface area (Å²) in [4.78, 5) is 11.9. The van der Waals surface area contributed by atoms with Gasteiger partial charge in [-0.1, -0.05) is 19.9 Å². The second kappa shape index (κ2) is 12.6. The van der Waals surface area contributed by atoms with Crippen LogP contribution in [0.15, 0.2) is 18.2 Å². The van der Waals surface area contributed by atoms with Gasteiger partial charge in [-0.2, -0.15) is 0 Å². The molecule has 1 aromatic carbocycles. The predicted molar refractivity (Wildman–Crippen MR) is 106 cm³/mol. The molecular weight excluding hydrogens is 346 g/mol. The van der Waals surface area contributed by atoms with E-state index < -0.39 is 6.04 Å². The van der Waals surface area contributed by atoms with Crippen LogP contribution in [0.5, 0.6) is 11.5 Å². The first-order valence-electron chi connectivity index (χ1n) is 9.63. The van der Waals surface area contributed by atoms with E-state index in [-0.39, 0.29) is 11.9 Å². The topological polar surface area (TPSA) is 80.0 Å². The molecule has 27 heavy (non-hydrogen) atoms. The zero-order valence-electron chi connectivity index (χ0n) is 17.3. The van der Waals surface area contributed by atoms with Gasteiger partial charge in [-0.25, -0.2) is 0 Å². The average molecular weight is 382 g/mol. The fourth-order valence-corrected chi connectivity index (χ4v) is 2.91. The third kappa shape index (κ3) is 8.18. The zero-order valence-corrected chi connectivity index (χ0v) is 17.3. The third-order valence-electron chi connectivity index (χ3n) is 4.57. The summed E-state index contributed by atoms with van der Waals surface area (Å²) in [6, 6.07) is 5.37. The lowest BCUT2D eigenvalue weighted by atomic mass is 9.84. The Hall–Kier alpha value is -1.79. The first-order valence-corrected chi connectivity index (χ1v) is 9.63. The second-order valence-electron chi connectivity index (χ2n) is 6.98. The summed E-state index contributed by atoms with van der Waals surface area (Å²) in [5.41, 5.74) is 7.17. The predicted octanol–water partition coefficient (Wildman–Crippen LogP) is 3.21. The average Bonchev–Trinajstić information content (AvgIpc) is 2.64. The van der Waals surface area contributed by atoms with Gasteiger partial charge in [0.15, 0.2) is 11.5 Å². The number of benzene rings is 1. The lowest BCUT2D eigenvalue weighted by Crippen LogP contribution is -2.35. The maximum atomic E-state index is 11.9. The van der Waals surface area contributed by atoms with Crippen LogP contribution < -0.4 is 15.2 Å². The first-order chi connectivity index (χ1) is 12.9. The summed E-state index contributed by atoms with van der Waals surface area (Å²) in [6.07, 6.45) is 2.21. The number of methoxy groups -OCH3 is 2. The molecule has 0 saturated heterocycles. The van der Waals surface area contributed by atoms with Crippen molar-refractivity contribution < 1.29 is 23.7 Å². The van der Waals surface area contributed by atoms with Crippen LogP contribution in [0.4, 0.5) is 0 Å². The Morgan fingerprint density at radius 2 is 1.89 bits per heavy atom. The molecule has 0 aromatic heterocycles. The van der Waals surface area contributed by atoms with E-state index >= 15 is 0 Å². The van der Waals surface area contributed by atoms with Gasteiger partial charge in [0.1, 0.15) is 6.04 Å². The molecule has 2 atom stereocenters. The minimum atomic E-state index is -0.597. The maximum Gasteiger partial charge on any atom is 0.322 e. The number of nitrogens with two attached hydrogens (primary N) is 1. The number of esters is 1. The molecule has 0 bridgehead atoms. The lowest BCUT2D eigenvalue weighted by molar-refractivity contribution is -0.145. The van der Waals surface area contributed by atoms with Gasteiger partial charge in [0.25, 0.3) is 0 Å². The lowest BCUT2D eigenvalue weighted by Gasteiger charge is -2.24. The molecule has 1 rings (SSSR count). The quantitative estimate of drug-likeness (QED) is 0.417. The van der Waals surface area contributed by atoms with Gasteiger partial charge in [0.2, 0.25) is 0 Å². The number of ether oxygens (including phenoxy) is 4. The van der Waals surface area contributed by atoms with Gasteiger partial charge in [-0.05, 0) is 49.3 Å². The molecule has 0 aliphatic rings. The number of hydrogen-bond acceptors (Lipinski definition) is 6. The maximum absolute atomic E-state index is 11.9. The van der Waals surface area contributed by atoms with Crippen molar-refractivity contribution in [2.45, 2.75) is 46.1 Å². The molecule has 0 spiro atoms. The van der Waals surface area contributed by atoms with Crippen molar-refractivity contribution in [3.8, 4) is 11.5 Å². The second-order valence-corrected chi connectivity index (χ2v) is 6.98. The van der Waals surface area contributed by atoms with Crippen molar-refractivity contribution in [2.75, 3.05) is 34.0 Å². The molecule has 0 amide bonds. The van der Waals surface area contributed by atoms with Crippen LogP contribution in [0, 0.1) is 11.8 Å². The Bertz CT molecular complexity index is 562. The molecule has 6 nitrogen and oxygen atoms in total. The van der Waals surface area contributed by atoms with Crippen LogP contribution in [0.1, 0.15) is 39.2 Å². The zero-order chi connectivity index (χ0) is 20.2. The number of rotatable bonds is 13. The van der Waals surface area contributed by atoms with Crippen LogP contribution >= 0.6 is 0 Å². The van der Waals surface area contributed by atoms with E-state index in [0.29, 0.717) is 37.9 Å². The monoisotopic (exact) mass is 381 g/mol. The van der Waals surface area contributed by atoms with Gasteiger partial charge >= 0.3 is 5.97 Å². The Labute approximate surface area is 163 Å². The minimum Gasteiger partial charge on any atom is -0.493 e. The molecule has 2 N–H and O–H groups in total. The summed E-state index contributed by atoms with van der Waals surface area (Å²) in [5, 5.41) is 0. The van der Waals surface area contributed by atoms with Crippen molar-refractivity contribution in [3.05, 3.63) is 23.8 Å². The first kappa shape index (κ1) is 23.2. The molecule has 6 heteroatoms. The van der Waals surface area contributed by atoms with Crippen molar-refractivity contribution in [2.24, 2.45) is 17.6 Å². The highest BCUT2D eigenvalue weighted by molar-refractivity contribution is 5.75. The van der Waals surface area contributed by atoms with Crippen molar-refractivity contribution >= 4 is 5.97 Å². The van der Waals surface area contributed by atoms with E-state index in [2.05, 4.69) is 13.8 Å². The number of carbonyl (C=O) groups excluding carboxylic acids is 1. The third-order valence-corrected chi connectivity index (χ3v) is 4.57. The molecule has 0 unspecified atom stereocenters. The summed E-state index contributed by atoms with van der Waals surface area (Å²) in [7, 11) is 3.31. The smallest absolute Gasteiger partial charge is 0.322 e. The van der Waals surface area contributed by atoms with Crippen LogP contribution in [-0.2, 0) is 20.7 Å². The molecular formula is C21H35NO5. The van der Waals surface area contributed by atoms with Crippen molar-refractivity contribution in [3.63, 3.8) is 0 Å². The SMILES string of the molecule is CCOC(=O)[C@@H](N)C[C@H](Cc1ccc(OC)c(OCCCOC)c1)C(C)C. The molecule has 1 aromatic rings. The highest BCUT2D eigenvalue weighted by atomic mass is 16.5. The Kier molecular flexibility index (Phi) is 10.8. The summed E-state index contributed by atoms with van der Waals surface area (Å²) < 4.78 is 21.3. The van der Waals surface area contributed by atoms with E-state index in [0.717, 1.165) is 24.2 Å².